The van der Waals surface area contributed by atoms with E-state index in [1.807, 2.05) is 6.07 Å². The SMILES string of the molecule is CC(CNCc1cccc(C(=O)O)n1)CN1CCCC1. The summed E-state index contributed by atoms with van der Waals surface area (Å²) in [6.07, 6.45) is 2.65. The third-order valence-corrected chi connectivity index (χ3v) is 3.59. The van der Waals surface area contributed by atoms with Gasteiger partial charge >= 0.3 is 5.97 Å². The van der Waals surface area contributed by atoms with Gasteiger partial charge in [0.15, 0.2) is 0 Å². The van der Waals surface area contributed by atoms with Crippen LogP contribution in [-0.4, -0.2) is 47.1 Å². The minimum absolute atomic E-state index is 0.106. The molecule has 5 heteroatoms. The van der Waals surface area contributed by atoms with Crippen molar-refractivity contribution in [2.45, 2.75) is 26.3 Å². The summed E-state index contributed by atoms with van der Waals surface area (Å²) in [5.74, 6) is -0.384. The summed E-state index contributed by atoms with van der Waals surface area (Å²) in [5.41, 5.74) is 0.882. The second-order valence-electron chi connectivity index (χ2n) is 5.56. The summed E-state index contributed by atoms with van der Waals surface area (Å²) in [6.45, 7) is 7.38. The van der Waals surface area contributed by atoms with Gasteiger partial charge in [0.2, 0.25) is 0 Å². The Labute approximate surface area is 120 Å². The van der Waals surface area contributed by atoms with E-state index in [0.29, 0.717) is 12.5 Å². The van der Waals surface area contributed by atoms with Gasteiger partial charge in [0, 0.05) is 13.1 Å². The third-order valence-electron chi connectivity index (χ3n) is 3.59. The number of likely N-dealkylation sites (tertiary alicyclic amines) is 1. The van der Waals surface area contributed by atoms with E-state index in [0.717, 1.165) is 18.8 Å². The van der Waals surface area contributed by atoms with Crippen molar-refractivity contribution in [2.24, 2.45) is 5.92 Å². The molecule has 1 unspecified atom stereocenters. The van der Waals surface area contributed by atoms with E-state index < -0.39 is 5.97 Å². The Kier molecular flexibility index (Phi) is 5.49. The van der Waals surface area contributed by atoms with Gasteiger partial charge in [-0.3, -0.25) is 0 Å². The van der Waals surface area contributed by atoms with Gasteiger partial charge in [-0.2, -0.15) is 0 Å². The summed E-state index contributed by atoms with van der Waals surface area (Å²) < 4.78 is 0. The van der Waals surface area contributed by atoms with E-state index in [1.165, 1.54) is 32.0 Å². The van der Waals surface area contributed by atoms with E-state index in [4.69, 9.17) is 5.11 Å². The number of aromatic nitrogens is 1. The molecule has 2 N–H and O–H groups in total. The minimum atomic E-state index is -0.978. The molecule has 110 valence electrons. The number of aromatic carboxylic acids is 1. The van der Waals surface area contributed by atoms with Crippen molar-refractivity contribution < 1.29 is 9.90 Å². The van der Waals surface area contributed by atoms with Crippen LogP contribution in [-0.2, 0) is 6.54 Å². The Balaban J connectivity index is 1.72. The van der Waals surface area contributed by atoms with E-state index in [1.54, 1.807) is 6.07 Å². The van der Waals surface area contributed by atoms with Crippen molar-refractivity contribution >= 4 is 5.97 Å². The van der Waals surface area contributed by atoms with Crippen molar-refractivity contribution in [1.29, 1.82) is 0 Å². The number of nitrogens with zero attached hydrogens (tertiary/aromatic N) is 2. The molecular formula is C15H23N3O2. The lowest BCUT2D eigenvalue weighted by atomic mass is 10.1. The van der Waals surface area contributed by atoms with Crippen LogP contribution in [0, 0.1) is 5.92 Å². The second-order valence-corrected chi connectivity index (χ2v) is 5.56. The lowest BCUT2D eigenvalue weighted by Gasteiger charge is -2.20. The Morgan fingerprint density at radius 1 is 1.45 bits per heavy atom. The number of hydrogen-bond acceptors (Lipinski definition) is 4. The van der Waals surface area contributed by atoms with Crippen molar-refractivity contribution in [3.05, 3.63) is 29.6 Å². The quantitative estimate of drug-likeness (QED) is 0.792. The maximum Gasteiger partial charge on any atom is 0.354 e. The molecule has 0 radical (unpaired) electrons. The van der Waals surface area contributed by atoms with Gasteiger partial charge in [-0.15, -0.1) is 0 Å². The largest absolute Gasteiger partial charge is 0.477 e. The fraction of sp³-hybridized carbons (Fsp3) is 0.600. The predicted octanol–water partition coefficient (Wildman–Crippen LogP) is 1.60. The standard InChI is InChI=1S/C15H23N3O2/c1-12(11-18-7-2-3-8-18)9-16-10-13-5-4-6-14(17-13)15(19)20/h4-6,12,16H,2-3,7-11H2,1H3,(H,19,20). The monoisotopic (exact) mass is 277 g/mol. The van der Waals surface area contributed by atoms with Gasteiger partial charge in [-0.05, 0) is 50.5 Å². The molecule has 1 aromatic heterocycles. The van der Waals surface area contributed by atoms with E-state index >= 15 is 0 Å². The molecule has 5 nitrogen and oxygen atoms in total. The van der Waals surface area contributed by atoms with Crippen molar-refractivity contribution in [3.63, 3.8) is 0 Å². The summed E-state index contributed by atoms with van der Waals surface area (Å²) in [5, 5.41) is 12.3. The Morgan fingerprint density at radius 2 is 2.20 bits per heavy atom. The predicted molar refractivity (Wildman–Crippen MR) is 77.7 cm³/mol. The zero-order valence-corrected chi connectivity index (χ0v) is 12.0. The molecule has 0 aromatic carbocycles. The van der Waals surface area contributed by atoms with Crippen molar-refractivity contribution in [1.82, 2.24) is 15.2 Å². The highest BCUT2D eigenvalue weighted by Gasteiger charge is 2.14. The molecule has 0 amide bonds. The molecule has 2 rings (SSSR count). The normalized spacial score (nSPS) is 17.2. The van der Waals surface area contributed by atoms with Gasteiger partial charge in [0.05, 0.1) is 5.69 Å². The number of rotatable bonds is 7. The summed E-state index contributed by atoms with van der Waals surface area (Å²) in [6, 6.07) is 5.10. The second kappa shape index (κ2) is 7.36. The van der Waals surface area contributed by atoms with Gasteiger partial charge in [0.25, 0.3) is 0 Å². The van der Waals surface area contributed by atoms with Crippen LogP contribution in [0.4, 0.5) is 0 Å². The van der Waals surface area contributed by atoms with Crippen LogP contribution in [0.1, 0.15) is 35.9 Å². The molecule has 1 atom stereocenters. The van der Waals surface area contributed by atoms with Crippen LogP contribution in [0.5, 0.6) is 0 Å². The molecule has 0 saturated carbocycles. The highest BCUT2D eigenvalue weighted by Crippen LogP contribution is 2.09. The van der Waals surface area contributed by atoms with Gasteiger partial charge in [-0.1, -0.05) is 13.0 Å². The molecule has 1 aromatic rings. The average Bonchev–Trinajstić information content (AvgIpc) is 2.92. The summed E-state index contributed by atoms with van der Waals surface area (Å²) in [4.78, 5) is 17.4. The van der Waals surface area contributed by atoms with Gasteiger partial charge < -0.3 is 15.3 Å². The summed E-state index contributed by atoms with van der Waals surface area (Å²) in [7, 11) is 0. The lowest BCUT2D eigenvalue weighted by Crippen LogP contribution is -2.31. The first-order valence-electron chi connectivity index (χ1n) is 7.27. The van der Waals surface area contributed by atoms with E-state index in [2.05, 4.69) is 22.1 Å². The zero-order chi connectivity index (χ0) is 14.4. The van der Waals surface area contributed by atoms with Crippen LogP contribution in [0.2, 0.25) is 0 Å². The Hall–Kier alpha value is -1.46. The smallest absolute Gasteiger partial charge is 0.354 e. The Bertz CT molecular complexity index is 444. The molecule has 1 saturated heterocycles. The number of pyridine rings is 1. The van der Waals surface area contributed by atoms with Crippen molar-refractivity contribution in [3.8, 4) is 0 Å². The fourth-order valence-electron chi connectivity index (χ4n) is 2.61. The number of hydrogen-bond donors (Lipinski definition) is 2. The summed E-state index contributed by atoms with van der Waals surface area (Å²) >= 11 is 0. The number of carbonyl (C=O) groups is 1. The maximum absolute atomic E-state index is 10.8. The van der Waals surface area contributed by atoms with Crippen LogP contribution in [0.25, 0.3) is 0 Å². The van der Waals surface area contributed by atoms with Crippen molar-refractivity contribution in [2.75, 3.05) is 26.2 Å². The minimum Gasteiger partial charge on any atom is -0.477 e. The van der Waals surface area contributed by atoms with E-state index in [9.17, 15) is 4.79 Å². The lowest BCUT2D eigenvalue weighted by molar-refractivity contribution is 0.0690. The first-order chi connectivity index (χ1) is 9.65. The topological polar surface area (TPSA) is 65.5 Å². The molecule has 1 aliphatic rings. The first kappa shape index (κ1) is 14.9. The van der Waals surface area contributed by atoms with E-state index in [-0.39, 0.29) is 5.69 Å². The Morgan fingerprint density at radius 3 is 2.90 bits per heavy atom. The average molecular weight is 277 g/mol. The molecule has 0 aliphatic carbocycles. The van der Waals surface area contributed by atoms with Crippen LogP contribution in [0.15, 0.2) is 18.2 Å². The zero-order valence-electron chi connectivity index (χ0n) is 12.0. The first-order valence-corrected chi connectivity index (χ1v) is 7.27. The number of nitrogens with one attached hydrogen (secondary N) is 1. The maximum atomic E-state index is 10.8. The van der Waals surface area contributed by atoms with Gasteiger partial charge in [0.1, 0.15) is 5.69 Å². The molecule has 20 heavy (non-hydrogen) atoms. The number of carboxylic acid groups (broad SMARTS) is 1. The van der Waals surface area contributed by atoms with Gasteiger partial charge in [-0.25, -0.2) is 9.78 Å². The molecular weight excluding hydrogens is 254 g/mol. The highest BCUT2D eigenvalue weighted by atomic mass is 16.4. The molecule has 1 aliphatic heterocycles. The third kappa shape index (κ3) is 4.58. The molecule has 2 heterocycles. The fourth-order valence-corrected chi connectivity index (χ4v) is 2.61. The molecule has 0 bridgehead atoms. The highest BCUT2D eigenvalue weighted by molar-refractivity contribution is 5.85. The van der Waals surface area contributed by atoms with Crippen LogP contribution >= 0.6 is 0 Å². The van der Waals surface area contributed by atoms with Crippen LogP contribution < -0.4 is 5.32 Å². The molecule has 0 spiro atoms. The number of carboxylic acids is 1. The molecule has 1 fully saturated rings. The van der Waals surface area contributed by atoms with Crippen LogP contribution in [0.3, 0.4) is 0 Å².